The zero-order chi connectivity index (χ0) is 20.9. The van der Waals surface area contributed by atoms with E-state index in [4.69, 9.17) is 4.74 Å². The van der Waals surface area contributed by atoms with Crippen molar-refractivity contribution in [2.45, 2.75) is 38.5 Å². The number of hydrogen-bond donors (Lipinski definition) is 1. The summed E-state index contributed by atoms with van der Waals surface area (Å²) in [4.78, 5) is 12.4. The number of carbonyl (C=O) groups excluding carboxylic acids is 1. The van der Waals surface area contributed by atoms with Crippen molar-refractivity contribution < 1.29 is 17.9 Å². The molecule has 7 heteroatoms. The average Bonchev–Trinajstić information content (AvgIpc) is 3.23. The molecular weight excluding hydrogens is 388 g/mol. The lowest BCUT2D eigenvalue weighted by molar-refractivity contribution is 0.0926. The van der Waals surface area contributed by atoms with Gasteiger partial charge in [-0.3, -0.25) is 4.79 Å². The van der Waals surface area contributed by atoms with Gasteiger partial charge in [0.15, 0.2) is 0 Å². The number of sulfonamides is 1. The van der Waals surface area contributed by atoms with Crippen LogP contribution in [-0.2, 0) is 15.8 Å². The summed E-state index contributed by atoms with van der Waals surface area (Å²) in [5.41, 5.74) is 2.23. The third-order valence-electron chi connectivity index (χ3n) is 4.98. The lowest BCUT2D eigenvalue weighted by Crippen LogP contribution is -2.36. The Morgan fingerprint density at radius 2 is 1.76 bits per heavy atom. The van der Waals surface area contributed by atoms with E-state index in [-0.39, 0.29) is 17.7 Å². The molecule has 0 bridgehead atoms. The third-order valence-corrected chi connectivity index (χ3v) is 6.83. The van der Waals surface area contributed by atoms with Crippen molar-refractivity contribution in [2.75, 3.05) is 19.7 Å². The smallest absolute Gasteiger partial charge is 0.251 e. The molecule has 2 aromatic carbocycles. The van der Waals surface area contributed by atoms with E-state index in [1.165, 1.54) is 0 Å². The molecule has 0 saturated carbocycles. The van der Waals surface area contributed by atoms with Gasteiger partial charge in [0.2, 0.25) is 10.0 Å². The summed E-state index contributed by atoms with van der Waals surface area (Å²) in [5.74, 6) is 0.562. The lowest BCUT2D eigenvalue weighted by atomic mass is 10.1. The van der Waals surface area contributed by atoms with Crippen LogP contribution in [0.5, 0.6) is 5.75 Å². The maximum Gasteiger partial charge on any atom is 0.251 e. The van der Waals surface area contributed by atoms with Crippen LogP contribution in [0, 0.1) is 6.92 Å². The molecular formula is C22H28N2O4S. The number of nitrogens with zero attached hydrogens (tertiary/aromatic N) is 1. The molecule has 1 atom stereocenters. The molecule has 1 fully saturated rings. The highest BCUT2D eigenvalue weighted by atomic mass is 32.2. The van der Waals surface area contributed by atoms with Crippen molar-refractivity contribution in [1.29, 1.82) is 0 Å². The maximum absolute atomic E-state index is 12.4. The number of ether oxygens (including phenoxy) is 1. The number of carbonyl (C=O) groups is 1. The molecule has 1 N–H and O–H groups in total. The molecule has 0 aliphatic carbocycles. The van der Waals surface area contributed by atoms with E-state index in [1.54, 1.807) is 28.6 Å². The first-order valence-corrected chi connectivity index (χ1v) is 11.5. The fourth-order valence-corrected chi connectivity index (χ4v) is 4.91. The van der Waals surface area contributed by atoms with Crippen molar-refractivity contribution in [2.24, 2.45) is 0 Å². The first-order chi connectivity index (χ1) is 13.8. The minimum Gasteiger partial charge on any atom is -0.491 e. The molecule has 29 heavy (non-hydrogen) atoms. The summed E-state index contributed by atoms with van der Waals surface area (Å²) in [6.07, 6.45) is 1.84. The van der Waals surface area contributed by atoms with Gasteiger partial charge in [-0.1, -0.05) is 30.3 Å². The molecule has 1 amide bonds. The Labute approximate surface area is 172 Å². The van der Waals surface area contributed by atoms with Gasteiger partial charge in [-0.05, 0) is 56.0 Å². The van der Waals surface area contributed by atoms with E-state index in [0.717, 1.165) is 24.2 Å². The Kier molecular flexibility index (Phi) is 6.92. The minimum atomic E-state index is -3.29. The second-order valence-corrected chi connectivity index (χ2v) is 9.48. The normalized spacial score (nSPS) is 15.8. The Morgan fingerprint density at radius 3 is 2.41 bits per heavy atom. The fourth-order valence-electron chi connectivity index (χ4n) is 3.30. The second-order valence-electron chi connectivity index (χ2n) is 7.51. The summed E-state index contributed by atoms with van der Waals surface area (Å²) in [5, 5.41) is 2.91. The van der Waals surface area contributed by atoms with Gasteiger partial charge in [-0.15, -0.1) is 0 Å². The highest BCUT2D eigenvalue weighted by molar-refractivity contribution is 7.88. The molecule has 1 aliphatic heterocycles. The highest BCUT2D eigenvalue weighted by Gasteiger charge is 2.25. The maximum atomic E-state index is 12.4. The zero-order valence-electron chi connectivity index (χ0n) is 16.9. The van der Waals surface area contributed by atoms with Crippen molar-refractivity contribution in [1.82, 2.24) is 9.62 Å². The van der Waals surface area contributed by atoms with Crippen LogP contribution in [0.1, 0.15) is 41.3 Å². The number of benzene rings is 2. The van der Waals surface area contributed by atoms with Crippen LogP contribution in [0.15, 0.2) is 48.5 Å². The van der Waals surface area contributed by atoms with E-state index in [2.05, 4.69) is 5.32 Å². The Morgan fingerprint density at radius 1 is 1.10 bits per heavy atom. The van der Waals surface area contributed by atoms with Crippen molar-refractivity contribution >= 4 is 15.9 Å². The Hall–Kier alpha value is -2.38. The molecule has 0 spiro atoms. The van der Waals surface area contributed by atoms with Gasteiger partial charge < -0.3 is 10.1 Å². The van der Waals surface area contributed by atoms with E-state index in [9.17, 15) is 13.2 Å². The van der Waals surface area contributed by atoms with Crippen LogP contribution < -0.4 is 10.1 Å². The van der Waals surface area contributed by atoms with E-state index in [0.29, 0.717) is 30.8 Å². The number of rotatable bonds is 8. The first-order valence-electron chi connectivity index (χ1n) is 9.91. The van der Waals surface area contributed by atoms with Crippen LogP contribution in [-0.4, -0.2) is 44.4 Å². The fraction of sp³-hybridized carbons (Fsp3) is 0.409. The van der Waals surface area contributed by atoms with Gasteiger partial charge in [0.25, 0.3) is 5.91 Å². The number of para-hydroxylation sites is 1. The van der Waals surface area contributed by atoms with E-state index >= 15 is 0 Å². The van der Waals surface area contributed by atoms with Crippen molar-refractivity contribution in [3.63, 3.8) is 0 Å². The molecule has 6 nitrogen and oxygen atoms in total. The molecule has 1 aliphatic rings. The number of amides is 1. The van der Waals surface area contributed by atoms with Gasteiger partial charge in [-0.2, -0.15) is 0 Å². The molecule has 0 aromatic heterocycles. The van der Waals surface area contributed by atoms with Gasteiger partial charge in [-0.25, -0.2) is 12.7 Å². The van der Waals surface area contributed by atoms with Crippen LogP contribution in [0.4, 0.5) is 0 Å². The van der Waals surface area contributed by atoms with E-state index in [1.807, 2.05) is 38.1 Å². The summed E-state index contributed by atoms with van der Waals surface area (Å²) in [6, 6.07) is 14.3. The molecule has 1 heterocycles. The largest absolute Gasteiger partial charge is 0.491 e. The summed E-state index contributed by atoms with van der Waals surface area (Å²) in [7, 11) is -3.29. The number of aryl methyl sites for hydroxylation is 1. The Balaban J connectivity index is 1.52. The van der Waals surface area contributed by atoms with E-state index < -0.39 is 10.0 Å². The molecule has 2 aromatic rings. The van der Waals surface area contributed by atoms with Crippen molar-refractivity contribution in [3.8, 4) is 5.75 Å². The Bertz CT molecular complexity index is 936. The molecule has 3 rings (SSSR count). The number of nitrogens with one attached hydrogen (secondary N) is 1. The quantitative estimate of drug-likeness (QED) is 0.717. The zero-order valence-corrected chi connectivity index (χ0v) is 17.7. The van der Waals surface area contributed by atoms with Gasteiger partial charge in [0, 0.05) is 18.7 Å². The van der Waals surface area contributed by atoms with Crippen LogP contribution in [0.25, 0.3) is 0 Å². The first kappa shape index (κ1) is 21.3. The molecule has 0 radical (unpaired) electrons. The predicted octanol–water partition coefficient (Wildman–Crippen LogP) is 3.12. The summed E-state index contributed by atoms with van der Waals surface area (Å²) >= 11 is 0. The average molecular weight is 417 g/mol. The summed E-state index contributed by atoms with van der Waals surface area (Å²) in [6.45, 7) is 5.43. The molecule has 1 saturated heterocycles. The monoisotopic (exact) mass is 416 g/mol. The lowest BCUT2D eigenvalue weighted by Gasteiger charge is -2.17. The molecule has 1 unspecified atom stereocenters. The SMILES string of the molecule is Cc1ccccc1OCC(C)NC(=O)c1ccc(CS(=O)(=O)N2CCCC2)cc1. The predicted molar refractivity (Wildman–Crippen MR) is 113 cm³/mol. The highest BCUT2D eigenvalue weighted by Crippen LogP contribution is 2.18. The third kappa shape index (κ3) is 5.81. The van der Waals surface area contributed by atoms with Gasteiger partial charge >= 0.3 is 0 Å². The van der Waals surface area contributed by atoms with Crippen molar-refractivity contribution in [3.05, 3.63) is 65.2 Å². The summed E-state index contributed by atoms with van der Waals surface area (Å²) < 4.78 is 32.1. The molecule has 156 valence electrons. The van der Waals surface area contributed by atoms with Crippen LogP contribution >= 0.6 is 0 Å². The standard InChI is InChI=1S/C22H28N2O4S/c1-17-7-3-4-8-21(17)28-15-18(2)23-22(25)20-11-9-19(10-12-20)16-29(26,27)24-13-5-6-14-24/h3-4,7-12,18H,5-6,13-16H2,1-2H3,(H,23,25). The second kappa shape index (κ2) is 9.41. The van der Waals surface area contributed by atoms with Gasteiger partial charge in [0.1, 0.15) is 12.4 Å². The topological polar surface area (TPSA) is 75.7 Å². The van der Waals surface area contributed by atoms with Crippen LogP contribution in [0.2, 0.25) is 0 Å². The number of hydrogen-bond acceptors (Lipinski definition) is 4. The van der Waals surface area contributed by atoms with Crippen LogP contribution in [0.3, 0.4) is 0 Å². The van der Waals surface area contributed by atoms with Gasteiger partial charge in [0.05, 0.1) is 11.8 Å². The minimum absolute atomic E-state index is 0.0322.